The molecule has 2 aromatic heterocycles. The number of amidine groups is 1. The van der Waals surface area contributed by atoms with Crippen LogP contribution in [0.4, 0.5) is 11.4 Å². The molecule has 0 amide bonds. The molecule has 1 radical (unpaired) electrons. The van der Waals surface area contributed by atoms with Crippen LogP contribution in [0.1, 0.15) is 50.2 Å². The number of para-hydroxylation sites is 1. The first-order valence-corrected chi connectivity index (χ1v) is 10.7. The molecule has 157 valence electrons. The Labute approximate surface area is 174 Å². The van der Waals surface area contributed by atoms with E-state index >= 15 is 0 Å². The molecule has 0 spiro atoms. The molecule has 1 aromatic carbocycles. The third kappa shape index (κ3) is 4.24. The molecule has 1 aliphatic rings. The van der Waals surface area contributed by atoms with Gasteiger partial charge in [0.1, 0.15) is 5.84 Å². The van der Waals surface area contributed by atoms with Gasteiger partial charge in [0.25, 0.3) is 0 Å². The van der Waals surface area contributed by atoms with Gasteiger partial charge in [-0.2, -0.15) is 29.4 Å². The number of aromatic nitrogens is 2. The second-order valence-corrected chi connectivity index (χ2v) is 8.21. The smallest absolute Gasteiger partial charge is 0.132 e. The van der Waals surface area contributed by atoms with Crippen molar-refractivity contribution in [3.05, 3.63) is 58.3 Å². The van der Waals surface area contributed by atoms with Crippen LogP contribution in [0, 0.1) is 6.07 Å². The van der Waals surface area contributed by atoms with Crippen molar-refractivity contribution >= 4 is 38.7 Å². The summed E-state index contributed by atoms with van der Waals surface area (Å²) in [4.78, 5) is 4.71. The van der Waals surface area contributed by atoms with Crippen LogP contribution in [0.3, 0.4) is 0 Å². The molecule has 4 rings (SSSR count). The number of fused-ring (bicyclic) bond motifs is 1. The number of nitrogens with zero attached hydrogens (tertiary/aromatic N) is 3. The zero-order chi connectivity index (χ0) is 19.5. The topological polar surface area (TPSA) is 67.7 Å². The maximum absolute atomic E-state index is 6.48. The van der Waals surface area contributed by atoms with E-state index in [1.165, 1.54) is 32.1 Å². The Morgan fingerprint density at radius 2 is 2.17 bits per heavy atom. The predicted molar refractivity (Wildman–Crippen MR) is 118 cm³/mol. The van der Waals surface area contributed by atoms with Gasteiger partial charge < -0.3 is 11.1 Å². The van der Waals surface area contributed by atoms with E-state index in [0.717, 1.165) is 38.9 Å². The predicted octanol–water partition coefficient (Wildman–Crippen LogP) is 5.24. The first kappa shape index (κ1) is 20.4. The fourth-order valence-corrected chi connectivity index (χ4v) is 4.27. The summed E-state index contributed by atoms with van der Waals surface area (Å²) < 4.78 is 2.86. The molecular formula is C22H25BrEsN5-. The minimum absolute atomic E-state index is 0. The van der Waals surface area contributed by atoms with Crippen LogP contribution in [0.25, 0.3) is 5.52 Å². The van der Waals surface area contributed by atoms with E-state index in [0.29, 0.717) is 11.9 Å². The van der Waals surface area contributed by atoms with Crippen molar-refractivity contribution in [3.8, 4) is 0 Å². The summed E-state index contributed by atoms with van der Waals surface area (Å²) in [5.41, 5.74) is 11.2. The molecule has 0 atom stereocenters. The van der Waals surface area contributed by atoms with Gasteiger partial charge in [-0.05, 0) is 40.5 Å². The second-order valence-electron chi connectivity index (χ2n) is 7.30. The number of aryl methyl sites for hydroxylation is 1. The summed E-state index contributed by atoms with van der Waals surface area (Å²) in [5, 5.41) is 8.29. The van der Waals surface area contributed by atoms with Crippen LogP contribution in [0.5, 0.6) is 0 Å². The second kappa shape index (κ2) is 8.78. The van der Waals surface area contributed by atoms with Gasteiger partial charge in [-0.25, -0.2) is 4.52 Å². The van der Waals surface area contributed by atoms with Crippen molar-refractivity contribution in [2.75, 3.05) is 5.32 Å². The van der Waals surface area contributed by atoms with Crippen molar-refractivity contribution in [2.45, 2.75) is 51.5 Å². The van der Waals surface area contributed by atoms with Gasteiger partial charge in [0.2, 0.25) is 0 Å². The van der Waals surface area contributed by atoms with E-state index < -0.39 is 0 Å². The maximum atomic E-state index is 6.48. The molecule has 0 unspecified atom stereocenters. The number of rotatable bonds is 5. The first-order valence-electron chi connectivity index (χ1n) is 9.93. The first-order chi connectivity index (χ1) is 13.7. The number of hydrogen-bond donors (Lipinski definition) is 2. The summed E-state index contributed by atoms with van der Waals surface area (Å²) in [6, 6.07) is 11.7. The Morgan fingerprint density at radius 1 is 1.38 bits per heavy atom. The minimum Gasteiger partial charge on any atom is -0.383 e. The third-order valence-corrected chi connectivity index (χ3v) is 5.80. The van der Waals surface area contributed by atoms with Gasteiger partial charge in [-0.3, -0.25) is 4.99 Å². The van der Waals surface area contributed by atoms with E-state index in [2.05, 4.69) is 51.5 Å². The van der Waals surface area contributed by atoms with Crippen molar-refractivity contribution in [3.63, 3.8) is 0 Å². The Hall–Kier alpha value is -3.34. The van der Waals surface area contributed by atoms with Gasteiger partial charge in [-0.1, -0.05) is 32.6 Å². The minimum atomic E-state index is 0. The van der Waals surface area contributed by atoms with Crippen molar-refractivity contribution < 1.29 is 0 Å². The number of anilines is 1. The fraction of sp³-hybridized carbons (Fsp3) is 0.364. The molecule has 29 heavy (non-hydrogen) atoms. The number of nitrogens with two attached hydrogens (primary N) is 1. The van der Waals surface area contributed by atoms with E-state index in [1.807, 2.05) is 22.8 Å². The van der Waals surface area contributed by atoms with Crippen LogP contribution < -0.4 is 11.1 Å². The molecule has 0 aliphatic heterocycles. The summed E-state index contributed by atoms with van der Waals surface area (Å²) in [7, 11) is 0. The molecule has 7 heteroatoms. The number of halogens is 1. The largest absolute Gasteiger partial charge is 0.383 e. The van der Waals surface area contributed by atoms with Crippen LogP contribution in [-0.4, -0.2) is 21.5 Å². The molecule has 0 saturated heterocycles. The van der Waals surface area contributed by atoms with Gasteiger partial charge in [-0.15, -0.1) is 5.56 Å². The SMILES string of the molecule is CCc1ccc[c-]c1N=C(N)c1cnn2cc(Br)cc2c1NC1CCCCC1.[Es]. The van der Waals surface area contributed by atoms with Gasteiger partial charge in [0, 0.05) is 16.7 Å². The monoisotopic (exact) mass is 690 g/mol. The van der Waals surface area contributed by atoms with Crippen molar-refractivity contribution in [1.82, 2.24) is 9.61 Å². The van der Waals surface area contributed by atoms with E-state index in [9.17, 15) is 0 Å². The molecule has 5 nitrogen and oxygen atoms in total. The van der Waals surface area contributed by atoms with Crippen molar-refractivity contribution in [2.24, 2.45) is 10.7 Å². The Balaban J connectivity index is 0.00000240. The van der Waals surface area contributed by atoms with Gasteiger partial charge >= 0.3 is 0 Å². The number of benzene rings is 1. The van der Waals surface area contributed by atoms with Gasteiger partial charge in [0.15, 0.2) is 0 Å². The summed E-state index contributed by atoms with van der Waals surface area (Å²) in [6.07, 6.45) is 10.9. The molecule has 2 heterocycles. The third-order valence-electron chi connectivity index (χ3n) is 5.36. The number of aliphatic imine (C=N–C) groups is 1. The van der Waals surface area contributed by atoms with E-state index in [1.54, 1.807) is 6.20 Å². The number of hydrogen-bond acceptors (Lipinski definition) is 3. The molecule has 1 saturated carbocycles. The standard InChI is InChI=1S/C22H25BrN5.Es/c1-2-15-8-6-7-11-19(15)27-22(24)18-13-25-28-14-16(23)12-20(28)21(18)26-17-9-4-3-5-10-17;/h6-8,12-14,17,26H,2-5,9-10H2,1H3,(H2,24,27);/q-1;. The van der Waals surface area contributed by atoms with E-state index in [-0.39, 0.29) is 0 Å². The zero-order valence-electron chi connectivity index (χ0n) is 16.4. The average molecular weight is 691 g/mol. The van der Waals surface area contributed by atoms with Crippen LogP contribution >= 0.6 is 15.9 Å². The summed E-state index contributed by atoms with van der Waals surface area (Å²) in [5.74, 6) is 0.461. The Bertz CT molecular complexity index is 1010. The average Bonchev–Trinajstić information content (AvgIpc) is 3.10. The molecule has 0 bridgehead atoms. The zero-order valence-corrected chi connectivity index (χ0v) is 20.5. The molecule has 3 N–H and O–H groups in total. The fourth-order valence-electron chi connectivity index (χ4n) is 3.86. The van der Waals surface area contributed by atoms with Crippen LogP contribution in [0.15, 0.2) is 46.1 Å². The molecule has 1 fully saturated rings. The number of nitrogens with one attached hydrogen (secondary N) is 1. The van der Waals surface area contributed by atoms with Gasteiger partial charge in [0.05, 0.1) is 23.0 Å². The molecular weight excluding hydrogens is 666 g/mol. The quantitative estimate of drug-likeness (QED) is 0.219. The van der Waals surface area contributed by atoms with Crippen LogP contribution in [-0.2, 0) is 6.42 Å². The summed E-state index contributed by atoms with van der Waals surface area (Å²) in [6.45, 7) is 2.11. The Kier molecular flexibility index (Phi) is 6.17. The van der Waals surface area contributed by atoms with E-state index in [4.69, 9.17) is 10.7 Å². The van der Waals surface area contributed by atoms with Crippen molar-refractivity contribution in [1.29, 1.82) is 0 Å². The van der Waals surface area contributed by atoms with Crippen LogP contribution in [0.2, 0.25) is 0 Å². The molecule has 1 aliphatic carbocycles. The normalized spacial score (nSPS) is 15.3. The summed E-state index contributed by atoms with van der Waals surface area (Å²) >= 11 is 3.56. The Morgan fingerprint density at radius 3 is 2.93 bits per heavy atom. The molecule has 3 aromatic rings. The maximum Gasteiger partial charge on any atom is 0.132 e.